The van der Waals surface area contributed by atoms with E-state index < -0.39 is 11.9 Å². The van der Waals surface area contributed by atoms with E-state index in [1.54, 1.807) is 24.3 Å². The molecule has 3 aromatic rings. The minimum atomic E-state index is -0.501. The highest BCUT2D eigenvalue weighted by Gasteiger charge is 2.12. The molecule has 5 nitrogen and oxygen atoms in total. The standard InChI is InChI=1S/C22H15BrN2O3/c1-14(26)28-21-10-9-15(12-19(21)23)11-17(13-24)22(27)25-20-8-4-6-16-5-2-3-7-18(16)20/h2-12H,1H3,(H,25,27)/b17-11+. The molecule has 0 aliphatic heterocycles. The second-order valence-corrected chi connectivity index (χ2v) is 6.79. The van der Waals surface area contributed by atoms with Crippen molar-refractivity contribution in [2.24, 2.45) is 0 Å². The van der Waals surface area contributed by atoms with E-state index in [-0.39, 0.29) is 5.57 Å². The van der Waals surface area contributed by atoms with Crippen molar-refractivity contribution in [2.45, 2.75) is 6.92 Å². The Morgan fingerprint density at radius 3 is 2.57 bits per heavy atom. The molecule has 1 amide bonds. The van der Waals surface area contributed by atoms with Gasteiger partial charge >= 0.3 is 5.97 Å². The number of hydrogen-bond acceptors (Lipinski definition) is 4. The van der Waals surface area contributed by atoms with Crippen LogP contribution in [0.25, 0.3) is 16.8 Å². The van der Waals surface area contributed by atoms with Crippen molar-refractivity contribution < 1.29 is 14.3 Å². The van der Waals surface area contributed by atoms with E-state index in [1.165, 1.54) is 13.0 Å². The Bertz CT molecular complexity index is 1140. The van der Waals surface area contributed by atoms with Crippen LogP contribution >= 0.6 is 15.9 Å². The lowest BCUT2D eigenvalue weighted by atomic mass is 10.1. The number of carbonyl (C=O) groups is 2. The van der Waals surface area contributed by atoms with Crippen molar-refractivity contribution in [3.8, 4) is 11.8 Å². The summed E-state index contributed by atoms with van der Waals surface area (Å²) in [7, 11) is 0. The Morgan fingerprint density at radius 2 is 1.86 bits per heavy atom. The third kappa shape index (κ3) is 4.45. The molecule has 138 valence electrons. The summed E-state index contributed by atoms with van der Waals surface area (Å²) in [5.74, 6) is -0.571. The van der Waals surface area contributed by atoms with Crippen LogP contribution in [-0.2, 0) is 9.59 Å². The number of nitrogens with zero attached hydrogens (tertiary/aromatic N) is 1. The first-order valence-corrected chi connectivity index (χ1v) is 9.16. The van der Waals surface area contributed by atoms with Gasteiger partial charge in [-0.15, -0.1) is 0 Å². The molecule has 0 aromatic heterocycles. The number of nitrogens with one attached hydrogen (secondary N) is 1. The van der Waals surface area contributed by atoms with E-state index in [0.29, 0.717) is 21.5 Å². The fourth-order valence-electron chi connectivity index (χ4n) is 2.68. The summed E-state index contributed by atoms with van der Waals surface area (Å²) < 4.78 is 5.59. The van der Waals surface area contributed by atoms with Gasteiger partial charge in [-0.2, -0.15) is 5.26 Å². The molecule has 0 aliphatic rings. The second-order valence-electron chi connectivity index (χ2n) is 5.93. The first-order chi connectivity index (χ1) is 13.5. The number of halogens is 1. The summed E-state index contributed by atoms with van der Waals surface area (Å²) in [4.78, 5) is 23.7. The number of anilines is 1. The first-order valence-electron chi connectivity index (χ1n) is 8.37. The Morgan fingerprint density at radius 1 is 1.11 bits per heavy atom. The molecule has 0 atom stereocenters. The number of benzene rings is 3. The lowest BCUT2D eigenvalue weighted by molar-refractivity contribution is -0.131. The molecule has 28 heavy (non-hydrogen) atoms. The van der Waals surface area contributed by atoms with Crippen molar-refractivity contribution in [1.82, 2.24) is 0 Å². The zero-order chi connectivity index (χ0) is 20.1. The predicted molar refractivity (Wildman–Crippen MR) is 112 cm³/mol. The van der Waals surface area contributed by atoms with Crippen LogP contribution in [0.2, 0.25) is 0 Å². The highest BCUT2D eigenvalue weighted by Crippen LogP contribution is 2.27. The molecule has 0 radical (unpaired) electrons. The summed E-state index contributed by atoms with van der Waals surface area (Å²) in [5.41, 5.74) is 1.21. The molecule has 3 aromatic carbocycles. The van der Waals surface area contributed by atoms with Crippen molar-refractivity contribution >= 4 is 50.3 Å². The monoisotopic (exact) mass is 434 g/mol. The second kappa shape index (κ2) is 8.51. The lowest BCUT2D eigenvalue weighted by Crippen LogP contribution is -2.13. The molecule has 0 aliphatic carbocycles. The number of rotatable bonds is 4. The molecule has 0 saturated carbocycles. The lowest BCUT2D eigenvalue weighted by Gasteiger charge is -2.08. The molecule has 6 heteroatoms. The smallest absolute Gasteiger partial charge is 0.308 e. The Hall–Kier alpha value is -3.43. The van der Waals surface area contributed by atoms with E-state index in [1.807, 2.05) is 42.5 Å². The fraction of sp³-hybridized carbons (Fsp3) is 0.0455. The van der Waals surface area contributed by atoms with Gasteiger partial charge in [0.1, 0.15) is 17.4 Å². The predicted octanol–water partition coefficient (Wildman–Crippen LogP) is 5.07. The van der Waals surface area contributed by atoms with Gasteiger partial charge in [0.15, 0.2) is 0 Å². The van der Waals surface area contributed by atoms with Crippen molar-refractivity contribution in [1.29, 1.82) is 5.26 Å². The molecular weight excluding hydrogens is 420 g/mol. The third-order valence-electron chi connectivity index (χ3n) is 3.92. The fourth-order valence-corrected chi connectivity index (χ4v) is 3.16. The molecule has 0 fully saturated rings. The molecule has 0 heterocycles. The first kappa shape index (κ1) is 19.3. The Balaban J connectivity index is 1.86. The van der Waals surface area contributed by atoms with Gasteiger partial charge in [-0.1, -0.05) is 42.5 Å². The summed E-state index contributed by atoms with van der Waals surface area (Å²) >= 11 is 3.32. The quantitative estimate of drug-likeness (QED) is 0.269. The van der Waals surface area contributed by atoms with Gasteiger partial charge in [-0.05, 0) is 51.2 Å². The zero-order valence-corrected chi connectivity index (χ0v) is 16.5. The van der Waals surface area contributed by atoms with Crippen LogP contribution in [0.3, 0.4) is 0 Å². The Labute approximate surface area is 170 Å². The number of carbonyl (C=O) groups excluding carboxylic acids is 2. The van der Waals surface area contributed by atoms with Gasteiger partial charge in [0.25, 0.3) is 5.91 Å². The topological polar surface area (TPSA) is 79.2 Å². The normalized spacial score (nSPS) is 11.0. The van der Waals surface area contributed by atoms with Gasteiger partial charge in [0.2, 0.25) is 0 Å². The number of esters is 1. The van der Waals surface area contributed by atoms with Gasteiger partial charge in [0, 0.05) is 18.0 Å². The number of fused-ring (bicyclic) bond motifs is 1. The third-order valence-corrected chi connectivity index (χ3v) is 4.54. The van der Waals surface area contributed by atoms with Gasteiger partial charge < -0.3 is 10.1 Å². The van der Waals surface area contributed by atoms with Gasteiger partial charge in [-0.25, -0.2) is 0 Å². The van der Waals surface area contributed by atoms with E-state index in [9.17, 15) is 14.9 Å². The highest BCUT2D eigenvalue weighted by atomic mass is 79.9. The van der Waals surface area contributed by atoms with Crippen LogP contribution in [0.5, 0.6) is 5.75 Å². The minimum absolute atomic E-state index is 0.0416. The summed E-state index contributed by atoms with van der Waals surface area (Å²) in [6.45, 7) is 1.31. The average molecular weight is 435 g/mol. The number of ether oxygens (including phenoxy) is 1. The molecule has 0 spiro atoms. The SMILES string of the molecule is CC(=O)Oc1ccc(/C=C(\C#N)C(=O)Nc2cccc3ccccc23)cc1Br. The molecule has 0 bridgehead atoms. The van der Waals surface area contributed by atoms with Crippen LogP contribution in [0.1, 0.15) is 12.5 Å². The van der Waals surface area contributed by atoms with E-state index in [0.717, 1.165) is 10.8 Å². The molecule has 3 rings (SSSR count). The highest BCUT2D eigenvalue weighted by molar-refractivity contribution is 9.10. The van der Waals surface area contributed by atoms with Gasteiger partial charge in [0.05, 0.1) is 4.47 Å². The van der Waals surface area contributed by atoms with Gasteiger partial charge in [-0.3, -0.25) is 9.59 Å². The minimum Gasteiger partial charge on any atom is -0.426 e. The summed E-state index contributed by atoms with van der Waals surface area (Å²) in [6.07, 6.45) is 1.47. The van der Waals surface area contributed by atoms with Crippen LogP contribution < -0.4 is 10.1 Å². The maximum atomic E-state index is 12.6. The Kier molecular flexibility index (Phi) is 5.87. The maximum Gasteiger partial charge on any atom is 0.308 e. The molecule has 0 unspecified atom stereocenters. The number of hydrogen-bond donors (Lipinski definition) is 1. The maximum absolute atomic E-state index is 12.6. The van der Waals surface area contributed by atoms with Crippen LogP contribution in [0.4, 0.5) is 5.69 Å². The largest absolute Gasteiger partial charge is 0.426 e. The summed E-state index contributed by atoms with van der Waals surface area (Å²) in [6, 6.07) is 20.1. The van der Waals surface area contributed by atoms with Crippen molar-refractivity contribution in [3.63, 3.8) is 0 Å². The molecule has 0 saturated heterocycles. The van der Waals surface area contributed by atoms with E-state index >= 15 is 0 Å². The van der Waals surface area contributed by atoms with Crippen LogP contribution in [-0.4, -0.2) is 11.9 Å². The molecule has 1 N–H and O–H groups in total. The van der Waals surface area contributed by atoms with Crippen molar-refractivity contribution in [3.05, 3.63) is 76.3 Å². The van der Waals surface area contributed by atoms with E-state index in [2.05, 4.69) is 21.2 Å². The van der Waals surface area contributed by atoms with E-state index in [4.69, 9.17) is 4.74 Å². The van der Waals surface area contributed by atoms with Crippen LogP contribution in [0.15, 0.2) is 70.7 Å². The number of amides is 1. The average Bonchev–Trinajstić information content (AvgIpc) is 2.68. The zero-order valence-electron chi connectivity index (χ0n) is 14.9. The molecular formula is C22H15BrN2O3. The summed E-state index contributed by atoms with van der Waals surface area (Å²) in [5, 5.41) is 14.1. The van der Waals surface area contributed by atoms with Crippen molar-refractivity contribution in [2.75, 3.05) is 5.32 Å². The number of nitriles is 1. The van der Waals surface area contributed by atoms with Crippen LogP contribution in [0, 0.1) is 11.3 Å².